The number of aliphatic carboxylic acids is 1. The number of phenolic OH excluding ortho intramolecular Hbond substituents is 1. The molecule has 0 aromatic heterocycles. The summed E-state index contributed by atoms with van der Waals surface area (Å²) >= 11 is 4.04. The van der Waals surface area contributed by atoms with Crippen molar-refractivity contribution in [1.82, 2.24) is 26.6 Å². The van der Waals surface area contributed by atoms with Crippen LogP contribution in [0.5, 0.6) is 5.75 Å². The quantitative estimate of drug-likeness (QED) is 0.123. The van der Waals surface area contributed by atoms with Gasteiger partial charge in [0.15, 0.2) is 0 Å². The van der Waals surface area contributed by atoms with Crippen LogP contribution >= 0.6 is 12.6 Å². The van der Waals surface area contributed by atoms with E-state index in [0.29, 0.717) is 18.5 Å². The van der Waals surface area contributed by atoms with Gasteiger partial charge < -0.3 is 41.9 Å². The summed E-state index contributed by atoms with van der Waals surface area (Å²) in [7, 11) is 0. The summed E-state index contributed by atoms with van der Waals surface area (Å²) in [5, 5.41) is 40.5. The van der Waals surface area contributed by atoms with Crippen molar-refractivity contribution in [2.24, 2.45) is 0 Å². The van der Waals surface area contributed by atoms with Crippen molar-refractivity contribution in [1.29, 1.82) is 0 Å². The number of carbonyl (C=O) groups is 5. The predicted molar refractivity (Wildman–Crippen MR) is 135 cm³/mol. The molecule has 1 aromatic carbocycles. The lowest BCUT2D eigenvalue weighted by Gasteiger charge is -2.25. The Kier molecular flexibility index (Phi) is 11.6. The molecule has 2 rings (SSSR count). The van der Waals surface area contributed by atoms with Gasteiger partial charge in [0, 0.05) is 12.2 Å². The van der Waals surface area contributed by atoms with E-state index in [1.807, 2.05) is 0 Å². The summed E-state index contributed by atoms with van der Waals surface area (Å²) < 4.78 is 0. The highest BCUT2D eigenvalue weighted by atomic mass is 32.1. The summed E-state index contributed by atoms with van der Waals surface area (Å²) in [5.41, 5.74) is 0.586. The number of carboxylic acids is 1. The normalized spacial score (nSPS) is 18.1. The zero-order chi connectivity index (χ0) is 27.5. The third-order valence-electron chi connectivity index (χ3n) is 5.75. The summed E-state index contributed by atoms with van der Waals surface area (Å²) in [6.07, 6.45) is 1.48. The molecule has 204 valence electrons. The molecule has 14 heteroatoms. The Morgan fingerprint density at radius 2 is 1.57 bits per heavy atom. The topological polar surface area (TPSA) is 206 Å². The molecule has 1 heterocycles. The summed E-state index contributed by atoms with van der Waals surface area (Å²) in [6.45, 7) is 1.33. The van der Waals surface area contributed by atoms with Crippen molar-refractivity contribution in [2.45, 2.75) is 56.4 Å². The fraction of sp³-hybridized carbons (Fsp3) is 0.522. The molecule has 4 amide bonds. The van der Waals surface area contributed by atoms with Gasteiger partial charge in [-0.3, -0.25) is 19.2 Å². The van der Waals surface area contributed by atoms with Crippen LogP contribution in [-0.4, -0.2) is 94.0 Å². The highest BCUT2D eigenvalue weighted by molar-refractivity contribution is 7.80. The number of phenols is 1. The summed E-state index contributed by atoms with van der Waals surface area (Å²) in [4.78, 5) is 61.9. The molecule has 0 saturated carbocycles. The van der Waals surface area contributed by atoms with Crippen molar-refractivity contribution in [3.8, 4) is 5.75 Å². The largest absolute Gasteiger partial charge is 0.508 e. The highest BCUT2D eigenvalue weighted by Gasteiger charge is 2.31. The molecule has 1 aliphatic rings. The standard InChI is InChI=1S/C23H33N5O8S/c1-12(25-20(32)15-3-2-8-24-15)19(31)26-16(9-13-4-6-14(30)7-5-13)21(33)28-18(11-37)22(34)27-17(10-29)23(35)36/h4-7,12,15-18,24,29-30,37H,2-3,8-11H2,1H3,(H,25,32)(H,26,31)(H,27,34)(H,28,33)(H,35,36)/t12-,15-,16-,17-,18-/m0/s1. The molecule has 13 nitrogen and oxygen atoms in total. The van der Waals surface area contributed by atoms with Crippen molar-refractivity contribution in [3.63, 3.8) is 0 Å². The number of amides is 4. The molecule has 0 spiro atoms. The van der Waals surface area contributed by atoms with Gasteiger partial charge in [0.1, 0.15) is 29.9 Å². The first-order valence-electron chi connectivity index (χ1n) is 11.7. The maximum Gasteiger partial charge on any atom is 0.328 e. The second kappa shape index (κ2) is 14.4. The molecule has 5 atom stereocenters. The first kappa shape index (κ1) is 29.9. The number of aliphatic hydroxyl groups is 1. The van der Waals surface area contributed by atoms with Gasteiger partial charge in [0.05, 0.1) is 12.6 Å². The van der Waals surface area contributed by atoms with Gasteiger partial charge in [0.2, 0.25) is 23.6 Å². The van der Waals surface area contributed by atoms with E-state index in [4.69, 9.17) is 10.2 Å². The zero-order valence-electron chi connectivity index (χ0n) is 20.3. The van der Waals surface area contributed by atoms with Gasteiger partial charge in [-0.15, -0.1) is 0 Å². The molecular formula is C23H33N5O8S. The third kappa shape index (κ3) is 9.22. The van der Waals surface area contributed by atoms with Crippen molar-refractivity contribution >= 4 is 42.2 Å². The monoisotopic (exact) mass is 539 g/mol. The van der Waals surface area contributed by atoms with Crippen LogP contribution in [-0.2, 0) is 30.4 Å². The van der Waals surface area contributed by atoms with E-state index < -0.39 is 60.5 Å². The SMILES string of the molecule is C[C@H](NC(=O)[C@@H]1CCCN1)C(=O)N[C@@H](Cc1ccc(O)cc1)C(=O)N[C@@H](CS)C(=O)N[C@@H](CO)C(=O)O. The maximum absolute atomic E-state index is 13.1. The van der Waals surface area contributed by atoms with Crippen LogP contribution in [0.4, 0.5) is 0 Å². The van der Waals surface area contributed by atoms with Gasteiger partial charge in [0.25, 0.3) is 0 Å². The molecule has 0 radical (unpaired) electrons. The Morgan fingerprint density at radius 1 is 0.973 bits per heavy atom. The van der Waals surface area contributed by atoms with E-state index >= 15 is 0 Å². The lowest BCUT2D eigenvalue weighted by Crippen LogP contribution is -2.59. The van der Waals surface area contributed by atoms with E-state index in [9.17, 15) is 29.1 Å². The number of aliphatic hydroxyl groups excluding tert-OH is 1. The van der Waals surface area contributed by atoms with Crippen LogP contribution < -0.4 is 26.6 Å². The number of carboxylic acid groups (broad SMARTS) is 1. The lowest BCUT2D eigenvalue weighted by molar-refractivity contribution is -0.143. The molecule has 0 bridgehead atoms. The smallest absolute Gasteiger partial charge is 0.328 e. The maximum atomic E-state index is 13.1. The molecule has 0 unspecified atom stereocenters. The number of rotatable bonds is 13. The number of aromatic hydroxyl groups is 1. The number of hydrogen-bond acceptors (Lipinski definition) is 9. The van der Waals surface area contributed by atoms with Crippen LogP contribution in [0.1, 0.15) is 25.3 Å². The highest BCUT2D eigenvalue weighted by Crippen LogP contribution is 2.12. The molecule has 1 aliphatic heterocycles. The second-order valence-electron chi connectivity index (χ2n) is 8.64. The number of hydrogen-bond donors (Lipinski definition) is 9. The number of thiol groups is 1. The van der Waals surface area contributed by atoms with Gasteiger partial charge in [-0.25, -0.2) is 4.79 Å². The van der Waals surface area contributed by atoms with E-state index in [1.54, 1.807) is 12.1 Å². The molecule has 1 aromatic rings. The van der Waals surface area contributed by atoms with E-state index in [0.717, 1.165) is 6.42 Å². The Morgan fingerprint density at radius 3 is 2.11 bits per heavy atom. The zero-order valence-corrected chi connectivity index (χ0v) is 21.2. The number of benzene rings is 1. The van der Waals surface area contributed by atoms with E-state index in [2.05, 4.69) is 39.2 Å². The minimum atomic E-state index is -1.57. The minimum Gasteiger partial charge on any atom is -0.508 e. The van der Waals surface area contributed by atoms with Gasteiger partial charge in [-0.1, -0.05) is 12.1 Å². The van der Waals surface area contributed by atoms with Crippen LogP contribution in [0.15, 0.2) is 24.3 Å². The van der Waals surface area contributed by atoms with Crippen LogP contribution in [0.25, 0.3) is 0 Å². The molecular weight excluding hydrogens is 506 g/mol. The Hall–Kier alpha value is -3.36. The van der Waals surface area contributed by atoms with Crippen molar-refractivity contribution in [3.05, 3.63) is 29.8 Å². The minimum absolute atomic E-state index is 0.00863. The average Bonchev–Trinajstić information content (AvgIpc) is 3.41. The van der Waals surface area contributed by atoms with E-state index in [1.165, 1.54) is 19.1 Å². The summed E-state index contributed by atoms with van der Waals surface area (Å²) in [6, 6.07) is 0.546. The molecule has 8 N–H and O–H groups in total. The molecule has 1 fully saturated rings. The fourth-order valence-corrected chi connectivity index (χ4v) is 3.84. The number of carbonyl (C=O) groups excluding carboxylic acids is 4. The first-order chi connectivity index (χ1) is 17.5. The van der Waals surface area contributed by atoms with Crippen LogP contribution in [0, 0.1) is 0 Å². The second-order valence-corrected chi connectivity index (χ2v) is 9.00. The van der Waals surface area contributed by atoms with Gasteiger partial charge >= 0.3 is 5.97 Å². The molecule has 37 heavy (non-hydrogen) atoms. The van der Waals surface area contributed by atoms with Crippen LogP contribution in [0.2, 0.25) is 0 Å². The molecule has 0 aliphatic carbocycles. The van der Waals surface area contributed by atoms with Gasteiger partial charge in [-0.2, -0.15) is 12.6 Å². The lowest BCUT2D eigenvalue weighted by atomic mass is 10.0. The van der Waals surface area contributed by atoms with Crippen LogP contribution in [0.3, 0.4) is 0 Å². The van der Waals surface area contributed by atoms with Crippen molar-refractivity contribution < 1.29 is 39.3 Å². The fourth-order valence-electron chi connectivity index (χ4n) is 3.59. The molecule has 1 saturated heterocycles. The van der Waals surface area contributed by atoms with E-state index in [-0.39, 0.29) is 23.8 Å². The summed E-state index contributed by atoms with van der Waals surface area (Å²) in [5.74, 6) is -4.26. The average molecular weight is 540 g/mol. The first-order valence-corrected chi connectivity index (χ1v) is 12.4. The Balaban J connectivity index is 2.12. The third-order valence-corrected chi connectivity index (χ3v) is 6.12. The predicted octanol–water partition coefficient (Wildman–Crippen LogP) is -2.35. The Bertz CT molecular complexity index is 970. The van der Waals surface area contributed by atoms with Crippen molar-refractivity contribution in [2.75, 3.05) is 18.9 Å². The number of nitrogens with one attached hydrogen (secondary N) is 5. The Labute approximate surface area is 219 Å². The van der Waals surface area contributed by atoms with Gasteiger partial charge in [-0.05, 0) is 44.0 Å².